The summed E-state index contributed by atoms with van der Waals surface area (Å²) in [6, 6.07) is 13.2. The summed E-state index contributed by atoms with van der Waals surface area (Å²) >= 11 is 0. The van der Waals surface area contributed by atoms with Crippen LogP contribution in [0.15, 0.2) is 42.5 Å². The molecule has 1 saturated carbocycles. The van der Waals surface area contributed by atoms with Crippen LogP contribution >= 0.6 is 0 Å². The molecule has 1 aliphatic carbocycles. The number of amides is 1. The van der Waals surface area contributed by atoms with Crippen molar-refractivity contribution in [3.63, 3.8) is 0 Å². The van der Waals surface area contributed by atoms with Crippen LogP contribution in [0.3, 0.4) is 0 Å². The lowest BCUT2D eigenvalue weighted by molar-refractivity contribution is -0.384. The van der Waals surface area contributed by atoms with E-state index in [1.54, 1.807) is 12.1 Å². The van der Waals surface area contributed by atoms with Gasteiger partial charge < -0.3 is 10.6 Å². The quantitative estimate of drug-likeness (QED) is 0.527. The first-order valence-electron chi connectivity index (χ1n) is 10.2. The molecule has 1 heterocycles. The summed E-state index contributed by atoms with van der Waals surface area (Å²) < 4.78 is 0. The van der Waals surface area contributed by atoms with Gasteiger partial charge >= 0.3 is 0 Å². The van der Waals surface area contributed by atoms with Crippen molar-refractivity contribution in [2.24, 2.45) is 0 Å². The smallest absolute Gasteiger partial charge is 0.293 e. The highest BCUT2D eigenvalue weighted by atomic mass is 16.6. The van der Waals surface area contributed by atoms with Crippen molar-refractivity contribution < 1.29 is 9.72 Å². The Morgan fingerprint density at radius 1 is 1.07 bits per heavy atom. The monoisotopic (exact) mass is 394 g/mol. The lowest BCUT2D eigenvalue weighted by Crippen LogP contribution is -2.23. The molecule has 2 aliphatic rings. The van der Waals surface area contributed by atoms with Crippen LogP contribution in [0.25, 0.3) is 0 Å². The van der Waals surface area contributed by atoms with Gasteiger partial charge in [0.1, 0.15) is 5.69 Å². The first-order valence-corrected chi connectivity index (χ1v) is 10.2. The molecule has 2 aromatic carbocycles. The molecular formula is C22H26N4O3. The van der Waals surface area contributed by atoms with Crippen molar-refractivity contribution in [2.75, 3.05) is 18.4 Å². The Balaban J connectivity index is 1.35. The Kier molecular flexibility index (Phi) is 5.76. The van der Waals surface area contributed by atoms with Gasteiger partial charge in [0.2, 0.25) is 0 Å². The predicted octanol–water partition coefficient (Wildman–Crippen LogP) is 3.69. The van der Waals surface area contributed by atoms with Gasteiger partial charge in [-0.15, -0.1) is 0 Å². The number of benzene rings is 2. The van der Waals surface area contributed by atoms with E-state index in [2.05, 4.69) is 27.7 Å². The second-order valence-corrected chi connectivity index (χ2v) is 7.89. The molecule has 7 heteroatoms. The molecule has 0 spiro atoms. The van der Waals surface area contributed by atoms with Gasteiger partial charge in [0.15, 0.2) is 0 Å². The molecule has 2 fully saturated rings. The fourth-order valence-electron chi connectivity index (χ4n) is 3.64. The number of carbonyl (C=O) groups excluding carboxylic acids is 1. The Labute approximate surface area is 170 Å². The third kappa shape index (κ3) is 5.12. The highest BCUT2D eigenvalue weighted by Crippen LogP contribution is 2.31. The van der Waals surface area contributed by atoms with Crippen molar-refractivity contribution in [1.82, 2.24) is 10.2 Å². The minimum Gasteiger partial charge on any atom is -0.377 e. The zero-order valence-electron chi connectivity index (χ0n) is 16.4. The van der Waals surface area contributed by atoms with E-state index in [1.807, 2.05) is 12.1 Å². The number of hydrogen-bond donors (Lipinski definition) is 2. The number of nitro benzene ring substituents is 1. The minimum absolute atomic E-state index is 0.0594. The van der Waals surface area contributed by atoms with Crippen molar-refractivity contribution in [3.05, 3.63) is 69.3 Å². The zero-order valence-corrected chi connectivity index (χ0v) is 16.4. The lowest BCUT2D eigenvalue weighted by atomic mass is 10.1. The Hall–Kier alpha value is -2.93. The van der Waals surface area contributed by atoms with Crippen LogP contribution in [0, 0.1) is 10.1 Å². The fraction of sp³-hybridized carbons (Fsp3) is 0.409. The van der Waals surface area contributed by atoms with Gasteiger partial charge in [-0.05, 0) is 62.0 Å². The fourth-order valence-corrected chi connectivity index (χ4v) is 3.64. The molecule has 0 radical (unpaired) electrons. The third-order valence-corrected chi connectivity index (χ3v) is 5.47. The van der Waals surface area contributed by atoms with E-state index in [4.69, 9.17) is 0 Å². The van der Waals surface area contributed by atoms with Gasteiger partial charge in [-0.2, -0.15) is 0 Å². The normalized spacial score (nSPS) is 16.6. The highest BCUT2D eigenvalue weighted by Gasteiger charge is 2.25. The molecule has 29 heavy (non-hydrogen) atoms. The third-order valence-electron chi connectivity index (χ3n) is 5.47. The second-order valence-electron chi connectivity index (χ2n) is 7.89. The number of carbonyl (C=O) groups is 1. The number of nitrogens with zero attached hydrogens (tertiary/aromatic N) is 2. The van der Waals surface area contributed by atoms with E-state index < -0.39 is 4.92 Å². The summed E-state index contributed by atoms with van der Waals surface area (Å²) in [5.74, 6) is -0.313. The van der Waals surface area contributed by atoms with Crippen LogP contribution in [-0.2, 0) is 13.1 Å². The number of anilines is 1. The molecule has 4 rings (SSSR count). The topological polar surface area (TPSA) is 87.5 Å². The van der Waals surface area contributed by atoms with E-state index >= 15 is 0 Å². The van der Waals surface area contributed by atoms with E-state index in [9.17, 15) is 14.9 Å². The van der Waals surface area contributed by atoms with Gasteiger partial charge in [-0.1, -0.05) is 24.3 Å². The maximum absolute atomic E-state index is 12.5. The first kappa shape index (κ1) is 19.4. The van der Waals surface area contributed by atoms with Crippen LogP contribution in [0.2, 0.25) is 0 Å². The molecule has 1 amide bonds. The van der Waals surface area contributed by atoms with Crippen LogP contribution in [0.4, 0.5) is 11.4 Å². The Bertz CT molecular complexity index is 887. The summed E-state index contributed by atoms with van der Waals surface area (Å²) in [6.45, 7) is 3.69. The summed E-state index contributed by atoms with van der Waals surface area (Å²) in [6.07, 6.45) is 4.60. The molecule has 152 valence electrons. The number of hydrogen-bond acceptors (Lipinski definition) is 5. The van der Waals surface area contributed by atoms with Crippen molar-refractivity contribution in [2.45, 2.75) is 44.8 Å². The van der Waals surface area contributed by atoms with Crippen molar-refractivity contribution in [3.8, 4) is 0 Å². The van der Waals surface area contributed by atoms with E-state index in [-0.39, 0.29) is 11.6 Å². The number of nitro groups is 1. The number of likely N-dealkylation sites (tertiary alicyclic amines) is 1. The van der Waals surface area contributed by atoms with E-state index in [0.717, 1.165) is 24.9 Å². The first-order chi connectivity index (χ1) is 14.1. The number of nitrogens with one attached hydrogen (secondary N) is 2. The van der Waals surface area contributed by atoms with Crippen molar-refractivity contribution in [1.29, 1.82) is 0 Å². The van der Waals surface area contributed by atoms with Crippen LogP contribution in [0.5, 0.6) is 0 Å². The molecular weight excluding hydrogens is 368 g/mol. The van der Waals surface area contributed by atoms with Crippen molar-refractivity contribution >= 4 is 17.3 Å². The molecule has 1 saturated heterocycles. The molecule has 0 bridgehead atoms. The number of rotatable bonds is 8. The Morgan fingerprint density at radius 2 is 1.76 bits per heavy atom. The maximum atomic E-state index is 12.5. The summed E-state index contributed by atoms with van der Waals surface area (Å²) in [5, 5.41) is 17.4. The molecule has 0 unspecified atom stereocenters. The average Bonchev–Trinajstić information content (AvgIpc) is 3.39. The maximum Gasteiger partial charge on any atom is 0.293 e. The van der Waals surface area contributed by atoms with Gasteiger partial charge in [-0.3, -0.25) is 19.8 Å². The van der Waals surface area contributed by atoms with Crippen LogP contribution in [0.1, 0.15) is 47.2 Å². The largest absolute Gasteiger partial charge is 0.377 e. The standard InChI is InChI=1S/C22H26N4O3/c27-22(18-7-10-20(24-19-8-9-19)21(13-18)26(28)29)23-14-16-3-5-17(6-4-16)15-25-11-1-2-12-25/h3-7,10,13,19,24H,1-2,8-9,11-12,14-15H2,(H,23,27). The summed E-state index contributed by atoms with van der Waals surface area (Å²) in [4.78, 5) is 25.8. The Morgan fingerprint density at radius 3 is 2.41 bits per heavy atom. The van der Waals surface area contributed by atoms with Gasteiger partial charge in [-0.25, -0.2) is 0 Å². The predicted molar refractivity (Wildman–Crippen MR) is 112 cm³/mol. The molecule has 0 aromatic heterocycles. The van der Waals surface area contributed by atoms with Crippen LogP contribution in [-0.4, -0.2) is 34.9 Å². The molecule has 2 N–H and O–H groups in total. The lowest BCUT2D eigenvalue weighted by Gasteiger charge is -2.14. The highest BCUT2D eigenvalue weighted by molar-refractivity contribution is 5.95. The van der Waals surface area contributed by atoms with E-state index in [1.165, 1.54) is 37.6 Å². The summed E-state index contributed by atoms with van der Waals surface area (Å²) in [5.41, 5.74) is 2.99. The molecule has 7 nitrogen and oxygen atoms in total. The second kappa shape index (κ2) is 8.61. The average molecular weight is 394 g/mol. The van der Waals surface area contributed by atoms with Gasteiger partial charge in [0.05, 0.1) is 4.92 Å². The summed E-state index contributed by atoms with van der Waals surface area (Å²) in [7, 11) is 0. The molecule has 0 atom stereocenters. The van der Waals surface area contributed by atoms with Crippen LogP contribution < -0.4 is 10.6 Å². The van der Waals surface area contributed by atoms with Gasteiger partial charge in [0.25, 0.3) is 11.6 Å². The van der Waals surface area contributed by atoms with Gasteiger partial charge in [0, 0.05) is 30.8 Å². The SMILES string of the molecule is O=C(NCc1ccc(CN2CCCC2)cc1)c1ccc(NC2CC2)c([N+](=O)[O-])c1. The van der Waals surface area contributed by atoms with E-state index in [0.29, 0.717) is 23.8 Å². The zero-order chi connectivity index (χ0) is 20.2. The molecule has 2 aromatic rings. The molecule has 1 aliphatic heterocycles. The minimum atomic E-state index is -0.444.